The molecule has 2 aromatic carbocycles. The van der Waals surface area contributed by atoms with Crippen LogP contribution in [0.25, 0.3) is 11.3 Å². The van der Waals surface area contributed by atoms with Crippen LogP contribution in [0.4, 0.5) is 4.39 Å². The number of hydrogen-bond donors (Lipinski definition) is 2. The second kappa shape index (κ2) is 13.3. The Kier molecular flexibility index (Phi) is 9.35. The summed E-state index contributed by atoms with van der Waals surface area (Å²) >= 11 is 7.27. The van der Waals surface area contributed by atoms with Crippen LogP contribution in [0.1, 0.15) is 40.3 Å². The van der Waals surface area contributed by atoms with E-state index in [-0.39, 0.29) is 56.0 Å². The Balaban J connectivity index is 1.31. The molecule has 0 saturated carbocycles. The highest BCUT2D eigenvalue weighted by Crippen LogP contribution is 2.41. The van der Waals surface area contributed by atoms with Crippen molar-refractivity contribution in [2.75, 3.05) is 12.4 Å². The minimum atomic E-state index is -1.46. The fraction of sp³-hybridized carbons (Fsp3) is 0.233. The third-order valence-electron chi connectivity index (χ3n) is 6.89. The molecule has 0 aliphatic carbocycles. The van der Waals surface area contributed by atoms with Gasteiger partial charge in [-0.05, 0) is 37.3 Å². The van der Waals surface area contributed by atoms with E-state index in [9.17, 15) is 38.3 Å². The molecule has 0 bridgehead atoms. The molecule has 3 heterocycles. The molecule has 0 spiro atoms. The highest BCUT2D eigenvalue weighted by Gasteiger charge is 2.54. The molecule has 0 unspecified atom stereocenters. The Hall–Kier alpha value is -5.22. The van der Waals surface area contributed by atoms with Crippen molar-refractivity contribution in [3.05, 3.63) is 75.4 Å². The minimum absolute atomic E-state index is 0.0161. The molecule has 2 aliphatic heterocycles. The number of amides is 2. The normalized spacial score (nSPS) is 17.0. The van der Waals surface area contributed by atoms with E-state index in [4.69, 9.17) is 30.3 Å². The van der Waals surface area contributed by atoms with Crippen molar-refractivity contribution in [1.29, 1.82) is 0 Å². The van der Waals surface area contributed by atoms with Gasteiger partial charge >= 0.3 is 23.9 Å². The summed E-state index contributed by atoms with van der Waals surface area (Å²) < 4.78 is 35.0. The standard InChI is InChI=1S/C30H23ClFN3O11S/c1-12-21(23(34-46-12)22-17(31)5-4-6-18(22)32)26(38)33-24-27(39)35-25(29(40)41)16(11-47-28(24)35)10-43-30(42)15-7-8-19(44-13(2)36)20(9-15)45-14(3)37/h4-9,24,28H,10-11H2,1-3H3,(H,33,38)(H,40,41)/t24-,28-/m1/s1. The van der Waals surface area contributed by atoms with E-state index in [1.54, 1.807) is 0 Å². The summed E-state index contributed by atoms with van der Waals surface area (Å²) in [6.07, 6.45) is 0. The van der Waals surface area contributed by atoms with Crippen molar-refractivity contribution in [2.45, 2.75) is 32.2 Å². The molecule has 1 fully saturated rings. The summed E-state index contributed by atoms with van der Waals surface area (Å²) in [5, 5.41) is 15.5. The van der Waals surface area contributed by atoms with Gasteiger partial charge in [-0.1, -0.05) is 22.8 Å². The highest BCUT2D eigenvalue weighted by molar-refractivity contribution is 8.00. The van der Waals surface area contributed by atoms with Crippen LogP contribution in [0, 0.1) is 12.7 Å². The van der Waals surface area contributed by atoms with Gasteiger partial charge in [0.25, 0.3) is 11.8 Å². The number of carbonyl (C=O) groups excluding carboxylic acids is 5. The highest BCUT2D eigenvalue weighted by atomic mass is 35.5. The third kappa shape index (κ3) is 6.55. The lowest BCUT2D eigenvalue weighted by Crippen LogP contribution is -2.70. The molecule has 1 aromatic heterocycles. The van der Waals surface area contributed by atoms with Gasteiger partial charge in [0.05, 0.1) is 16.1 Å². The van der Waals surface area contributed by atoms with Crippen molar-refractivity contribution in [3.63, 3.8) is 0 Å². The lowest BCUT2D eigenvalue weighted by molar-refractivity contribution is -0.148. The number of esters is 3. The number of aromatic nitrogens is 1. The van der Waals surface area contributed by atoms with Gasteiger partial charge in [-0.3, -0.25) is 24.1 Å². The summed E-state index contributed by atoms with van der Waals surface area (Å²) in [7, 11) is 0. The number of nitrogens with one attached hydrogen (secondary N) is 1. The molecular formula is C30H23ClFN3O11S. The topological polar surface area (TPSA) is 192 Å². The largest absolute Gasteiger partial charge is 0.477 e. The first-order valence-corrected chi connectivity index (χ1v) is 15.0. The summed E-state index contributed by atoms with van der Waals surface area (Å²) in [6.45, 7) is 3.16. The first kappa shape index (κ1) is 33.2. The maximum Gasteiger partial charge on any atom is 0.352 e. The number of carboxylic acids is 1. The van der Waals surface area contributed by atoms with Crippen LogP contribution in [0.3, 0.4) is 0 Å². The predicted molar refractivity (Wildman–Crippen MR) is 160 cm³/mol. The van der Waals surface area contributed by atoms with Gasteiger partial charge in [-0.15, -0.1) is 11.8 Å². The zero-order valence-corrected chi connectivity index (χ0v) is 26.2. The van der Waals surface area contributed by atoms with Gasteiger partial charge in [0.1, 0.15) is 46.6 Å². The van der Waals surface area contributed by atoms with E-state index in [1.807, 2.05) is 0 Å². The van der Waals surface area contributed by atoms with Crippen LogP contribution in [0.15, 0.2) is 52.2 Å². The molecule has 2 amide bonds. The lowest BCUT2D eigenvalue weighted by Gasteiger charge is -2.49. The quantitative estimate of drug-likeness (QED) is 0.189. The number of carbonyl (C=O) groups is 6. The van der Waals surface area contributed by atoms with E-state index in [1.165, 1.54) is 31.2 Å². The molecule has 244 valence electrons. The Morgan fingerprint density at radius 2 is 1.83 bits per heavy atom. The summed E-state index contributed by atoms with van der Waals surface area (Å²) in [5.41, 5.74) is -0.888. The van der Waals surface area contributed by atoms with Crippen molar-refractivity contribution in [1.82, 2.24) is 15.4 Å². The molecule has 2 aliphatic rings. The number of aryl methyl sites for hydroxylation is 1. The average Bonchev–Trinajstić information content (AvgIpc) is 3.38. The minimum Gasteiger partial charge on any atom is -0.477 e. The fourth-order valence-electron chi connectivity index (χ4n) is 4.89. The van der Waals surface area contributed by atoms with Crippen LogP contribution in [-0.4, -0.2) is 74.6 Å². The Morgan fingerprint density at radius 1 is 1.13 bits per heavy atom. The van der Waals surface area contributed by atoms with Crippen LogP contribution in [-0.2, 0) is 23.9 Å². The van der Waals surface area contributed by atoms with Gasteiger partial charge in [0, 0.05) is 25.2 Å². The lowest BCUT2D eigenvalue weighted by atomic mass is 10.0. The molecule has 17 heteroatoms. The number of β-lactam (4-membered cyclic amide) rings is 1. The molecule has 47 heavy (non-hydrogen) atoms. The zero-order valence-electron chi connectivity index (χ0n) is 24.6. The summed E-state index contributed by atoms with van der Waals surface area (Å²) in [5.74, 6) is -6.41. The van der Waals surface area contributed by atoms with Crippen molar-refractivity contribution >= 4 is 59.1 Å². The number of fused-ring (bicyclic) bond motifs is 1. The predicted octanol–water partition coefficient (Wildman–Crippen LogP) is 3.50. The van der Waals surface area contributed by atoms with E-state index >= 15 is 0 Å². The molecule has 3 aromatic rings. The molecule has 2 atom stereocenters. The average molecular weight is 688 g/mol. The third-order valence-corrected chi connectivity index (χ3v) is 8.54. The van der Waals surface area contributed by atoms with E-state index < -0.39 is 65.2 Å². The van der Waals surface area contributed by atoms with Gasteiger partial charge in [0.2, 0.25) is 0 Å². The van der Waals surface area contributed by atoms with Crippen LogP contribution in [0.5, 0.6) is 11.5 Å². The second-order valence-corrected chi connectivity index (χ2v) is 11.6. The molecule has 1 saturated heterocycles. The monoisotopic (exact) mass is 687 g/mol. The number of ether oxygens (including phenoxy) is 3. The zero-order chi connectivity index (χ0) is 34.2. The molecule has 5 rings (SSSR count). The maximum absolute atomic E-state index is 14.6. The van der Waals surface area contributed by atoms with Crippen molar-refractivity contribution in [2.24, 2.45) is 0 Å². The van der Waals surface area contributed by atoms with Crippen molar-refractivity contribution < 1.29 is 57.0 Å². The maximum atomic E-state index is 14.6. The van der Waals surface area contributed by atoms with E-state index in [0.29, 0.717) is 0 Å². The number of rotatable bonds is 9. The van der Waals surface area contributed by atoms with Gasteiger partial charge in [-0.25, -0.2) is 14.0 Å². The smallest absolute Gasteiger partial charge is 0.352 e. The Labute approximate surface area is 273 Å². The van der Waals surface area contributed by atoms with Crippen molar-refractivity contribution in [3.8, 4) is 22.8 Å². The summed E-state index contributed by atoms with van der Waals surface area (Å²) in [4.78, 5) is 75.4. The van der Waals surface area contributed by atoms with E-state index in [2.05, 4.69) is 10.5 Å². The van der Waals surface area contributed by atoms with Gasteiger partial charge < -0.3 is 29.2 Å². The fourth-order valence-corrected chi connectivity index (χ4v) is 6.47. The first-order valence-electron chi connectivity index (χ1n) is 13.6. The number of hydrogen-bond acceptors (Lipinski definition) is 12. The second-order valence-electron chi connectivity index (χ2n) is 10.1. The van der Waals surface area contributed by atoms with Gasteiger partial charge in [-0.2, -0.15) is 0 Å². The van der Waals surface area contributed by atoms with Crippen LogP contribution in [0.2, 0.25) is 5.02 Å². The number of carboxylic acid groups (broad SMARTS) is 1. The summed E-state index contributed by atoms with van der Waals surface area (Å²) in [6, 6.07) is 6.37. The van der Waals surface area contributed by atoms with Crippen LogP contribution < -0.4 is 14.8 Å². The number of halogens is 2. The first-order chi connectivity index (χ1) is 22.3. The van der Waals surface area contributed by atoms with Crippen LogP contribution >= 0.6 is 23.4 Å². The molecular weight excluding hydrogens is 665 g/mol. The number of nitrogens with zero attached hydrogens (tertiary/aromatic N) is 2. The molecule has 2 N–H and O–H groups in total. The molecule has 14 nitrogen and oxygen atoms in total. The number of benzene rings is 2. The van der Waals surface area contributed by atoms with E-state index in [0.717, 1.165) is 42.6 Å². The van der Waals surface area contributed by atoms with Gasteiger partial charge in [0.15, 0.2) is 11.5 Å². The molecule has 0 radical (unpaired) electrons. The number of thioether (sulfide) groups is 1. The Bertz CT molecular complexity index is 1870. The Morgan fingerprint density at radius 3 is 2.49 bits per heavy atom. The SMILES string of the molecule is CC(=O)Oc1ccc(C(=O)OCC2=C(C(=O)O)N3C(=O)[C@@H](NC(=O)c4c(-c5c(F)cccc5Cl)noc4C)[C@H]3SC2)cc1OC(C)=O. The number of aliphatic carboxylic acids is 1.